The van der Waals surface area contributed by atoms with E-state index in [0.717, 1.165) is 17.7 Å². The Balaban J connectivity index is 1.85. The minimum atomic E-state index is -4.67. The molecule has 1 heterocycles. The van der Waals surface area contributed by atoms with E-state index in [1.54, 1.807) is 35.2 Å². The highest BCUT2D eigenvalue weighted by molar-refractivity contribution is 5.76. The van der Waals surface area contributed by atoms with Crippen molar-refractivity contribution in [2.75, 3.05) is 13.1 Å². The van der Waals surface area contributed by atoms with Gasteiger partial charge in [0.15, 0.2) is 0 Å². The van der Waals surface area contributed by atoms with E-state index in [-0.39, 0.29) is 31.5 Å². The Labute approximate surface area is 165 Å². The Morgan fingerprint density at radius 1 is 1.14 bits per heavy atom. The van der Waals surface area contributed by atoms with Crippen LogP contribution in [0.5, 0.6) is 0 Å². The third-order valence-electron chi connectivity index (χ3n) is 5.34. The average molecular weight is 411 g/mol. The maximum Gasteiger partial charge on any atom is 0.416 e. The van der Waals surface area contributed by atoms with Crippen molar-refractivity contribution in [3.05, 3.63) is 71.0 Å². The number of carboxylic acids is 1. The fraction of sp³-hybridized carbons (Fsp3) is 0.381. The molecule has 2 aromatic rings. The number of piperidine rings is 1. The predicted octanol–water partition coefficient (Wildman–Crippen LogP) is 3.72. The molecular weight excluding hydrogens is 390 g/mol. The first-order valence-electron chi connectivity index (χ1n) is 9.14. The van der Waals surface area contributed by atoms with Gasteiger partial charge in [0.25, 0.3) is 0 Å². The molecule has 0 radical (unpaired) electrons. The van der Waals surface area contributed by atoms with Gasteiger partial charge in [0, 0.05) is 19.6 Å². The number of nitrogens with zero attached hydrogens (tertiary/aromatic N) is 1. The lowest BCUT2D eigenvalue weighted by Gasteiger charge is -2.43. The summed E-state index contributed by atoms with van der Waals surface area (Å²) in [6.07, 6.45) is -5.54. The summed E-state index contributed by atoms with van der Waals surface area (Å²) in [6, 6.07) is 11.2. The largest absolute Gasteiger partial charge is 0.481 e. The number of carboxylic acid groups (broad SMARTS) is 1. The highest BCUT2D eigenvalue weighted by Crippen LogP contribution is 2.36. The second-order valence-electron chi connectivity index (χ2n) is 7.48. The molecule has 2 atom stereocenters. The standard InChI is InChI=1S/C21H21F4NO3/c22-17-9-15(8-16(10-17)21(23,24)25)12-26-7-6-18(27)20(13-26,19(28)29)11-14-4-2-1-3-5-14/h1-5,8-10,18,27H,6-7,11-13H2,(H,28,29)/t18-,20-/m0/s1. The molecule has 8 heteroatoms. The van der Waals surface area contributed by atoms with Crippen molar-refractivity contribution in [2.24, 2.45) is 5.41 Å². The lowest BCUT2D eigenvalue weighted by atomic mass is 9.72. The molecule has 0 aromatic heterocycles. The van der Waals surface area contributed by atoms with Crippen molar-refractivity contribution in [3.8, 4) is 0 Å². The molecule has 3 rings (SSSR count). The number of hydrogen-bond donors (Lipinski definition) is 2. The number of hydrogen-bond acceptors (Lipinski definition) is 3. The van der Waals surface area contributed by atoms with E-state index < -0.39 is 35.0 Å². The molecule has 0 bridgehead atoms. The number of benzene rings is 2. The number of aliphatic hydroxyl groups excluding tert-OH is 1. The minimum absolute atomic E-state index is 0.0443. The van der Waals surface area contributed by atoms with Crippen LogP contribution in [0.2, 0.25) is 0 Å². The Bertz CT molecular complexity index is 872. The molecule has 1 fully saturated rings. The van der Waals surface area contributed by atoms with E-state index in [2.05, 4.69) is 0 Å². The van der Waals surface area contributed by atoms with Crippen LogP contribution in [0.15, 0.2) is 48.5 Å². The molecule has 2 N–H and O–H groups in total. The number of alkyl halides is 3. The van der Waals surface area contributed by atoms with Crippen LogP contribution in [-0.2, 0) is 23.9 Å². The summed E-state index contributed by atoms with van der Waals surface area (Å²) in [5.74, 6) is -2.17. The summed E-state index contributed by atoms with van der Waals surface area (Å²) in [6.45, 7) is 0.191. The first-order valence-corrected chi connectivity index (χ1v) is 9.14. The van der Waals surface area contributed by atoms with Crippen LogP contribution in [0.3, 0.4) is 0 Å². The molecule has 0 aliphatic carbocycles. The van der Waals surface area contributed by atoms with E-state index in [9.17, 15) is 32.6 Å². The van der Waals surface area contributed by atoms with Gasteiger partial charge in [-0.25, -0.2) is 4.39 Å². The van der Waals surface area contributed by atoms with Gasteiger partial charge in [0.05, 0.1) is 11.7 Å². The lowest BCUT2D eigenvalue weighted by Crippen LogP contribution is -2.56. The summed E-state index contributed by atoms with van der Waals surface area (Å²) in [4.78, 5) is 13.8. The van der Waals surface area contributed by atoms with Gasteiger partial charge in [-0.05, 0) is 42.2 Å². The molecule has 1 aliphatic heterocycles. The molecule has 0 saturated carbocycles. The lowest BCUT2D eigenvalue weighted by molar-refractivity contribution is -0.163. The van der Waals surface area contributed by atoms with Crippen LogP contribution < -0.4 is 0 Å². The number of rotatable bonds is 5. The van der Waals surface area contributed by atoms with Crippen LogP contribution in [0.25, 0.3) is 0 Å². The third-order valence-corrected chi connectivity index (χ3v) is 5.34. The van der Waals surface area contributed by atoms with Crippen LogP contribution in [0, 0.1) is 11.2 Å². The highest BCUT2D eigenvalue weighted by Gasteiger charge is 2.49. The predicted molar refractivity (Wildman–Crippen MR) is 97.5 cm³/mol. The van der Waals surface area contributed by atoms with Crippen LogP contribution in [-0.4, -0.2) is 40.3 Å². The molecule has 0 amide bonds. The van der Waals surface area contributed by atoms with Gasteiger partial charge >= 0.3 is 12.1 Å². The molecular formula is C21H21F4NO3. The summed E-state index contributed by atoms with van der Waals surface area (Å²) in [7, 11) is 0. The van der Waals surface area contributed by atoms with Gasteiger partial charge < -0.3 is 10.2 Å². The monoisotopic (exact) mass is 411 g/mol. The second kappa shape index (κ2) is 8.12. The van der Waals surface area contributed by atoms with Gasteiger partial charge in [-0.1, -0.05) is 30.3 Å². The molecule has 1 aliphatic rings. The first kappa shape index (κ1) is 21.3. The fourth-order valence-electron chi connectivity index (χ4n) is 3.88. The van der Waals surface area contributed by atoms with Gasteiger partial charge in [-0.2, -0.15) is 13.2 Å². The average Bonchev–Trinajstić information content (AvgIpc) is 2.64. The number of aliphatic hydroxyl groups is 1. The van der Waals surface area contributed by atoms with Crippen molar-refractivity contribution >= 4 is 5.97 Å². The summed E-state index contributed by atoms with van der Waals surface area (Å²) in [5.41, 5.74) is -1.74. The van der Waals surface area contributed by atoms with Crippen LogP contribution in [0.4, 0.5) is 17.6 Å². The van der Waals surface area contributed by atoms with E-state index in [0.29, 0.717) is 12.6 Å². The zero-order valence-electron chi connectivity index (χ0n) is 15.5. The summed E-state index contributed by atoms with van der Waals surface area (Å²) >= 11 is 0. The zero-order valence-corrected chi connectivity index (χ0v) is 15.5. The summed E-state index contributed by atoms with van der Waals surface area (Å²) in [5, 5.41) is 20.4. The van der Waals surface area contributed by atoms with E-state index in [1.807, 2.05) is 0 Å². The van der Waals surface area contributed by atoms with Crippen molar-refractivity contribution in [3.63, 3.8) is 0 Å². The smallest absolute Gasteiger partial charge is 0.416 e. The fourth-order valence-corrected chi connectivity index (χ4v) is 3.88. The maximum atomic E-state index is 13.7. The van der Waals surface area contributed by atoms with Gasteiger partial charge in [-0.3, -0.25) is 9.69 Å². The Hall–Kier alpha value is -2.45. The molecule has 0 spiro atoms. The van der Waals surface area contributed by atoms with Crippen molar-refractivity contribution < 1.29 is 32.6 Å². The van der Waals surface area contributed by atoms with Crippen LogP contribution >= 0.6 is 0 Å². The Morgan fingerprint density at radius 3 is 2.45 bits per heavy atom. The third kappa shape index (κ3) is 4.76. The number of halogens is 4. The van der Waals surface area contributed by atoms with E-state index in [4.69, 9.17) is 0 Å². The molecule has 1 saturated heterocycles. The molecule has 0 unspecified atom stereocenters. The maximum absolute atomic E-state index is 13.7. The van der Waals surface area contributed by atoms with Crippen molar-refractivity contribution in [1.82, 2.24) is 4.90 Å². The molecule has 156 valence electrons. The molecule has 2 aromatic carbocycles. The topological polar surface area (TPSA) is 60.8 Å². The highest BCUT2D eigenvalue weighted by atomic mass is 19.4. The first-order chi connectivity index (χ1) is 13.6. The number of likely N-dealkylation sites (tertiary alicyclic amines) is 1. The van der Waals surface area contributed by atoms with Crippen LogP contribution in [0.1, 0.15) is 23.1 Å². The zero-order chi connectivity index (χ0) is 21.2. The Kier molecular flexibility index (Phi) is 5.95. The second-order valence-corrected chi connectivity index (χ2v) is 7.48. The number of carbonyl (C=O) groups is 1. The van der Waals surface area contributed by atoms with E-state index in [1.165, 1.54) is 0 Å². The van der Waals surface area contributed by atoms with Crippen molar-refractivity contribution in [1.29, 1.82) is 0 Å². The van der Waals surface area contributed by atoms with E-state index >= 15 is 0 Å². The quantitative estimate of drug-likeness (QED) is 0.737. The van der Waals surface area contributed by atoms with Gasteiger partial charge in [0.2, 0.25) is 0 Å². The van der Waals surface area contributed by atoms with Gasteiger partial charge in [0.1, 0.15) is 11.2 Å². The Morgan fingerprint density at radius 2 is 1.83 bits per heavy atom. The number of aliphatic carboxylic acids is 1. The van der Waals surface area contributed by atoms with Gasteiger partial charge in [-0.15, -0.1) is 0 Å². The normalized spacial score (nSPS) is 23.1. The van der Waals surface area contributed by atoms with Crippen molar-refractivity contribution in [2.45, 2.75) is 31.7 Å². The molecule has 4 nitrogen and oxygen atoms in total. The summed E-state index contributed by atoms with van der Waals surface area (Å²) < 4.78 is 52.6. The SMILES string of the molecule is O=C(O)[C@@]1(Cc2ccccc2)CN(Cc2cc(F)cc(C(F)(F)F)c2)CC[C@@H]1O. The minimum Gasteiger partial charge on any atom is -0.481 e. The molecule has 29 heavy (non-hydrogen) atoms.